The van der Waals surface area contributed by atoms with E-state index < -0.39 is 16.6 Å². The molecule has 2 atom stereocenters. The SMILES string of the molecule is C[C@H]1CC(NC(=O)OC(C)(C)C)CN(c2ccncc2[N+](=O)[O-])C1. The maximum Gasteiger partial charge on any atom is 0.407 e. The number of nitro groups is 1. The molecular formula is C16H24N4O4. The van der Waals surface area contributed by atoms with E-state index in [2.05, 4.69) is 17.2 Å². The Morgan fingerprint density at radius 1 is 1.46 bits per heavy atom. The minimum atomic E-state index is -0.562. The molecule has 8 heteroatoms. The van der Waals surface area contributed by atoms with Gasteiger partial charge < -0.3 is 15.0 Å². The summed E-state index contributed by atoms with van der Waals surface area (Å²) in [6, 6.07) is 1.51. The fourth-order valence-corrected chi connectivity index (χ4v) is 2.91. The third kappa shape index (κ3) is 4.81. The van der Waals surface area contributed by atoms with Gasteiger partial charge in [-0.05, 0) is 39.2 Å². The summed E-state index contributed by atoms with van der Waals surface area (Å²) < 4.78 is 5.29. The van der Waals surface area contributed by atoms with E-state index in [4.69, 9.17) is 4.74 Å². The highest BCUT2D eigenvalue weighted by atomic mass is 16.6. The number of amides is 1. The molecule has 1 fully saturated rings. The number of hydrogen-bond acceptors (Lipinski definition) is 6. The average Bonchev–Trinajstić information content (AvgIpc) is 2.44. The Kier molecular flexibility index (Phi) is 5.26. The van der Waals surface area contributed by atoms with Gasteiger partial charge in [0.2, 0.25) is 0 Å². The average molecular weight is 336 g/mol. The van der Waals surface area contributed by atoms with Crippen molar-refractivity contribution < 1.29 is 14.5 Å². The number of carbonyl (C=O) groups excluding carboxylic acids is 1. The van der Waals surface area contributed by atoms with Gasteiger partial charge in [-0.3, -0.25) is 15.1 Å². The van der Waals surface area contributed by atoms with Gasteiger partial charge in [0.25, 0.3) is 0 Å². The summed E-state index contributed by atoms with van der Waals surface area (Å²) in [6.07, 6.45) is 3.13. The molecule has 1 aliphatic rings. The van der Waals surface area contributed by atoms with Crippen molar-refractivity contribution >= 4 is 17.5 Å². The van der Waals surface area contributed by atoms with Crippen molar-refractivity contribution in [2.24, 2.45) is 5.92 Å². The summed E-state index contributed by atoms with van der Waals surface area (Å²) in [7, 11) is 0. The van der Waals surface area contributed by atoms with Crippen LogP contribution in [0.3, 0.4) is 0 Å². The zero-order valence-electron chi connectivity index (χ0n) is 14.5. The summed E-state index contributed by atoms with van der Waals surface area (Å²) in [6.45, 7) is 8.67. The molecule has 1 amide bonds. The van der Waals surface area contributed by atoms with Crippen LogP contribution in [0.15, 0.2) is 18.5 Å². The number of pyridine rings is 1. The molecule has 1 aliphatic heterocycles. The number of ether oxygens (including phenoxy) is 1. The fourth-order valence-electron chi connectivity index (χ4n) is 2.91. The Balaban J connectivity index is 2.11. The van der Waals surface area contributed by atoms with Gasteiger partial charge in [0.05, 0.1) is 4.92 Å². The quantitative estimate of drug-likeness (QED) is 0.673. The molecule has 24 heavy (non-hydrogen) atoms. The van der Waals surface area contributed by atoms with Crippen LogP contribution in [0.25, 0.3) is 0 Å². The number of alkyl carbamates (subject to hydrolysis) is 1. The highest BCUT2D eigenvalue weighted by molar-refractivity contribution is 5.68. The van der Waals surface area contributed by atoms with Crippen LogP contribution < -0.4 is 10.2 Å². The van der Waals surface area contributed by atoms with Crippen LogP contribution in [0.2, 0.25) is 0 Å². The molecule has 0 spiro atoms. The van der Waals surface area contributed by atoms with E-state index in [1.54, 1.807) is 6.07 Å². The molecule has 0 radical (unpaired) electrons. The molecule has 1 saturated heterocycles. The molecule has 1 aromatic rings. The lowest BCUT2D eigenvalue weighted by atomic mass is 9.95. The lowest BCUT2D eigenvalue weighted by molar-refractivity contribution is -0.384. The van der Waals surface area contributed by atoms with Crippen molar-refractivity contribution in [3.05, 3.63) is 28.6 Å². The number of nitrogens with zero attached hydrogens (tertiary/aromatic N) is 3. The van der Waals surface area contributed by atoms with E-state index in [1.807, 2.05) is 25.7 Å². The van der Waals surface area contributed by atoms with Crippen LogP contribution in [-0.4, -0.2) is 40.7 Å². The smallest absolute Gasteiger partial charge is 0.407 e. The number of rotatable bonds is 3. The molecular weight excluding hydrogens is 312 g/mol. The van der Waals surface area contributed by atoms with E-state index in [1.165, 1.54) is 12.4 Å². The molecule has 1 N–H and O–H groups in total. The normalized spacial score (nSPS) is 21.2. The van der Waals surface area contributed by atoms with Gasteiger partial charge in [0, 0.05) is 25.3 Å². The van der Waals surface area contributed by atoms with Gasteiger partial charge in [-0.2, -0.15) is 0 Å². The van der Waals surface area contributed by atoms with Crippen LogP contribution in [0, 0.1) is 16.0 Å². The molecule has 132 valence electrons. The highest BCUT2D eigenvalue weighted by Gasteiger charge is 2.30. The number of carbonyl (C=O) groups is 1. The molecule has 2 heterocycles. The lowest BCUT2D eigenvalue weighted by Gasteiger charge is -2.38. The standard InChI is InChI=1S/C16H24N4O4/c1-11-7-12(18-15(21)24-16(2,3)4)10-19(9-11)13-5-6-17-8-14(13)20(22)23/h5-6,8,11-12H,7,9-10H2,1-4H3,(H,18,21)/t11-,12?/m0/s1. The molecule has 0 bridgehead atoms. The number of hydrogen-bond donors (Lipinski definition) is 1. The van der Waals surface area contributed by atoms with Crippen molar-refractivity contribution in [3.8, 4) is 0 Å². The second-order valence-corrected chi connectivity index (χ2v) is 7.21. The first-order valence-electron chi connectivity index (χ1n) is 7.98. The maximum absolute atomic E-state index is 12.0. The van der Waals surface area contributed by atoms with E-state index >= 15 is 0 Å². The Morgan fingerprint density at radius 2 is 2.17 bits per heavy atom. The van der Waals surface area contributed by atoms with Crippen molar-refractivity contribution in [1.29, 1.82) is 0 Å². The first-order valence-corrected chi connectivity index (χ1v) is 7.98. The van der Waals surface area contributed by atoms with Crippen molar-refractivity contribution in [2.45, 2.75) is 45.8 Å². The molecule has 0 aromatic carbocycles. The summed E-state index contributed by atoms with van der Waals surface area (Å²) in [4.78, 5) is 28.5. The molecule has 1 aromatic heterocycles. The predicted octanol–water partition coefficient (Wildman–Crippen LogP) is 2.73. The lowest BCUT2D eigenvalue weighted by Crippen LogP contribution is -2.51. The van der Waals surface area contributed by atoms with Crippen LogP contribution in [0.4, 0.5) is 16.2 Å². The zero-order valence-corrected chi connectivity index (χ0v) is 14.5. The van der Waals surface area contributed by atoms with Crippen LogP contribution in [0.5, 0.6) is 0 Å². The second-order valence-electron chi connectivity index (χ2n) is 7.21. The minimum absolute atomic E-state index is 0.0254. The van der Waals surface area contributed by atoms with Crippen molar-refractivity contribution in [1.82, 2.24) is 10.3 Å². The molecule has 8 nitrogen and oxygen atoms in total. The second kappa shape index (κ2) is 7.02. The molecule has 2 rings (SSSR count). The molecule has 1 unspecified atom stereocenters. The van der Waals surface area contributed by atoms with Gasteiger partial charge in [-0.25, -0.2) is 4.79 Å². The van der Waals surface area contributed by atoms with Crippen LogP contribution in [-0.2, 0) is 4.74 Å². The van der Waals surface area contributed by atoms with Gasteiger partial charge in [0.15, 0.2) is 0 Å². The Morgan fingerprint density at radius 3 is 2.79 bits per heavy atom. The van der Waals surface area contributed by atoms with Crippen molar-refractivity contribution in [2.75, 3.05) is 18.0 Å². The first kappa shape index (κ1) is 18.0. The predicted molar refractivity (Wildman–Crippen MR) is 90.0 cm³/mol. The number of aromatic nitrogens is 1. The van der Waals surface area contributed by atoms with E-state index in [0.29, 0.717) is 18.8 Å². The summed E-state index contributed by atoms with van der Waals surface area (Å²) in [5.74, 6) is 0.284. The Bertz CT molecular complexity index is 614. The summed E-state index contributed by atoms with van der Waals surface area (Å²) >= 11 is 0. The van der Waals surface area contributed by atoms with E-state index in [-0.39, 0.29) is 17.6 Å². The first-order chi connectivity index (χ1) is 11.2. The Hall–Kier alpha value is -2.38. The maximum atomic E-state index is 12.0. The summed E-state index contributed by atoms with van der Waals surface area (Å²) in [5.41, 5.74) is -0.0614. The minimum Gasteiger partial charge on any atom is -0.444 e. The zero-order chi connectivity index (χ0) is 17.9. The third-order valence-electron chi connectivity index (χ3n) is 3.70. The fraction of sp³-hybridized carbons (Fsp3) is 0.625. The van der Waals surface area contributed by atoms with Crippen LogP contribution >= 0.6 is 0 Å². The monoisotopic (exact) mass is 336 g/mol. The van der Waals surface area contributed by atoms with Gasteiger partial charge >= 0.3 is 11.8 Å². The number of piperidine rings is 1. The topological polar surface area (TPSA) is 97.6 Å². The van der Waals surface area contributed by atoms with Gasteiger partial charge in [0.1, 0.15) is 17.5 Å². The van der Waals surface area contributed by atoms with E-state index in [9.17, 15) is 14.9 Å². The van der Waals surface area contributed by atoms with E-state index in [0.717, 1.165) is 6.42 Å². The molecule has 0 saturated carbocycles. The third-order valence-corrected chi connectivity index (χ3v) is 3.70. The number of nitrogens with one attached hydrogen (secondary N) is 1. The number of anilines is 1. The van der Waals surface area contributed by atoms with Gasteiger partial charge in [-0.15, -0.1) is 0 Å². The highest BCUT2D eigenvalue weighted by Crippen LogP contribution is 2.30. The van der Waals surface area contributed by atoms with Gasteiger partial charge in [-0.1, -0.05) is 6.92 Å². The molecule has 0 aliphatic carbocycles. The Labute approximate surface area is 141 Å². The largest absolute Gasteiger partial charge is 0.444 e. The van der Waals surface area contributed by atoms with Crippen LogP contribution in [0.1, 0.15) is 34.1 Å². The van der Waals surface area contributed by atoms with Crippen molar-refractivity contribution in [3.63, 3.8) is 0 Å². The summed E-state index contributed by atoms with van der Waals surface area (Å²) in [5, 5.41) is 14.1.